The second-order valence-corrected chi connectivity index (χ2v) is 6.44. The minimum atomic E-state index is -0.0604. The summed E-state index contributed by atoms with van der Waals surface area (Å²) in [6, 6.07) is 0. The van der Waals surface area contributed by atoms with Gasteiger partial charge in [-0.05, 0) is 30.6 Å². The Morgan fingerprint density at radius 2 is 2.10 bits per heavy atom. The molecule has 0 amide bonds. The largest absolute Gasteiger partial charge is 0.381 e. The Kier molecular flexibility index (Phi) is 3.54. The molecule has 2 aliphatic rings. The van der Waals surface area contributed by atoms with Crippen molar-refractivity contribution in [3.63, 3.8) is 0 Å². The van der Waals surface area contributed by atoms with Gasteiger partial charge >= 0.3 is 0 Å². The lowest BCUT2D eigenvalue weighted by atomic mass is 9.78. The van der Waals surface area contributed by atoms with E-state index < -0.39 is 0 Å². The molecule has 0 saturated carbocycles. The van der Waals surface area contributed by atoms with E-state index in [0.717, 1.165) is 51.3 Å². The molecule has 1 aromatic heterocycles. The summed E-state index contributed by atoms with van der Waals surface area (Å²) in [5.74, 6) is 0.868. The van der Waals surface area contributed by atoms with Crippen LogP contribution in [-0.4, -0.2) is 36.3 Å². The number of hydrogen-bond acceptors (Lipinski definition) is 4. The summed E-state index contributed by atoms with van der Waals surface area (Å²) in [5.41, 5.74) is 1.20. The monoisotopic (exact) mass is 277 g/mol. The van der Waals surface area contributed by atoms with E-state index >= 15 is 0 Å². The molecule has 110 valence electrons. The molecular formula is C15H23N3O2. The van der Waals surface area contributed by atoms with E-state index in [2.05, 4.69) is 28.7 Å². The summed E-state index contributed by atoms with van der Waals surface area (Å²) >= 11 is 0. The van der Waals surface area contributed by atoms with Crippen molar-refractivity contribution in [2.45, 2.75) is 39.0 Å². The van der Waals surface area contributed by atoms with Crippen molar-refractivity contribution in [3.8, 4) is 0 Å². The van der Waals surface area contributed by atoms with E-state index in [4.69, 9.17) is 4.74 Å². The van der Waals surface area contributed by atoms with Crippen LogP contribution in [0.5, 0.6) is 0 Å². The highest BCUT2D eigenvalue weighted by molar-refractivity contribution is 5.37. The molecule has 0 atom stereocenters. The number of rotatable bonds is 2. The lowest BCUT2D eigenvalue weighted by molar-refractivity contribution is 0.133. The summed E-state index contributed by atoms with van der Waals surface area (Å²) in [6.45, 7) is 7.69. The van der Waals surface area contributed by atoms with Crippen LogP contribution in [-0.2, 0) is 4.74 Å². The molecule has 5 nitrogen and oxygen atoms in total. The van der Waals surface area contributed by atoms with Crippen LogP contribution in [0.2, 0.25) is 0 Å². The van der Waals surface area contributed by atoms with Crippen LogP contribution in [0.3, 0.4) is 0 Å². The molecule has 1 spiro atoms. The molecular weight excluding hydrogens is 254 g/mol. The van der Waals surface area contributed by atoms with Crippen LogP contribution in [0, 0.1) is 5.41 Å². The van der Waals surface area contributed by atoms with Gasteiger partial charge in [0, 0.05) is 31.6 Å². The van der Waals surface area contributed by atoms with Gasteiger partial charge < -0.3 is 14.6 Å². The fourth-order valence-corrected chi connectivity index (χ4v) is 3.16. The summed E-state index contributed by atoms with van der Waals surface area (Å²) in [7, 11) is 0. The minimum absolute atomic E-state index is 0.0604. The van der Waals surface area contributed by atoms with Crippen molar-refractivity contribution in [1.29, 1.82) is 0 Å². The Morgan fingerprint density at radius 3 is 2.65 bits per heavy atom. The second-order valence-electron chi connectivity index (χ2n) is 6.44. The van der Waals surface area contributed by atoms with Crippen molar-refractivity contribution in [1.82, 2.24) is 9.97 Å². The number of aromatic amines is 1. The molecule has 0 radical (unpaired) electrons. The predicted octanol–water partition coefficient (Wildman–Crippen LogP) is 1.90. The van der Waals surface area contributed by atoms with Gasteiger partial charge in [0.25, 0.3) is 5.56 Å². The fraction of sp³-hybridized carbons (Fsp3) is 0.733. The van der Waals surface area contributed by atoms with E-state index in [9.17, 15) is 4.79 Å². The first-order chi connectivity index (χ1) is 9.60. The first-order valence-corrected chi connectivity index (χ1v) is 7.52. The maximum Gasteiger partial charge on any atom is 0.291 e. The van der Waals surface area contributed by atoms with E-state index in [1.807, 2.05) is 0 Å². The molecule has 0 bridgehead atoms. The van der Waals surface area contributed by atoms with E-state index in [1.165, 1.54) is 0 Å². The second kappa shape index (κ2) is 5.20. The molecule has 2 saturated heterocycles. The SMILES string of the molecule is CC(C)c1cnc(N2CCC3(CCOC3)CC2)c(=O)[nH]1. The van der Waals surface area contributed by atoms with Crippen molar-refractivity contribution in [2.75, 3.05) is 31.2 Å². The first-order valence-electron chi connectivity index (χ1n) is 7.52. The lowest BCUT2D eigenvalue weighted by Gasteiger charge is -2.38. The molecule has 3 rings (SSSR count). The Morgan fingerprint density at radius 1 is 1.35 bits per heavy atom. The number of aromatic nitrogens is 2. The van der Waals surface area contributed by atoms with Crippen LogP contribution >= 0.6 is 0 Å². The molecule has 2 fully saturated rings. The van der Waals surface area contributed by atoms with Crippen LogP contribution in [0.15, 0.2) is 11.0 Å². The highest BCUT2D eigenvalue weighted by Crippen LogP contribution is 2.39. The van der Waals surface area contributed by atoms with Gasteiger partial charge in [0.2, 0.25) is 0 Å². The fourth-order valence-electron chi connectivity index (χ4n) is 3.16. The van der Waals surface area contributed by atoms with Crippen LogP contribution in [0.25, 0.3) is 0 Å². The maximum atomic E-state index is 12.2. The zero-order valence-corrected chi connectivity index (χ0v) is 12.3. The topological polar surface area (TPSA) is 58.2 Å². The van der Waals surface area contributed by atoms with Gasteiger partial charge in [0.1, 0.15) is 0 Å². The lowest BCUT2D eigenvalue weighted by Crippen LogP contribution is -2.43. The molecule has 0 aliphatic carbocycles. The normalized spacial score (nSPS) is 21.9. The number of piperidine rings is 1. The number of H-pyrrole nitrogens is 1. The smallest absolute Gasteiger partial charge is 0.291 e. The Bertz CT molecular complexity index is 522. The minimum Gasteiger partial charge on any atom is -0.381 e. The molecule has 3 heterocycles. The van der Waals surface area contributed by atoms with Gasteiger partial charge in [0.05, 0.1) is 6.61 Å². The third-order valence-electron chi connectivity index (χ3n) is 4.72. The number of hydrogen-bond donors (Lipinski definition) is 1. The first kappa shape index (κ1) is 13.6. The molecule has 1 N–H and O–H groups in total. The van der Waals surface area contributed by atoms with E-state index in [-0.39, 0.29) is 5.56 Å². The third kappa shape index (κ3) is 2.46. The average Bonchev–Trinajstić information content (AvgIpc) is 2.88. The van der Waals surface area contributed by atoms with Crippen molar-refractivity contribution in [3.05, 3.63) is 22.2 Å². The standard InChI is InChI=1S/C15H23N3O2/c1-11(2)12-9-16-13(14(19)17-12)18-6-3-15(4-7-18)5-8-20-10-15/h9,11H,3-8,10H2,1-2H3,(H,17,19). The van der Waals surface area contributed by atoms with Gasteiger partial charge in [-0.3, -0.25) is 4.79 Å². The molecule has 5 heteroatoms. The maximum absolute atomic E-state index is 12.2. The van der Waals surface area contributed by atoms with E-state index in [0.29, 0.717) is 17.2 Å². The Balaban J connectivity index is 1.73. The average molecular weight is 277 g/mol. The molecule has 1 aromatic rings. The van der Waals surface area contributed by atoms with Gasteiger partial charge in [-0.15, -0.1) is 0 Å². The van der Waals surface area contributed by atoms with Crippen molar-refractivity contribution < 1.29 is 4.74 Å². The quantitative estimate of drug-likeness (QED) is 0.897. The van der Waals surface area contributed by atoms with Gasteiger partial charge in [-0.1, -0.05) is 13.8 Å². The van der Waals surface area contributed by atoms with E-state index in [1.54, 1.807) is 6.20 Å². The van der Waals surface area contributed by atoms with Crippen LogP contribution in [0.4, 0.5) is 5.82 Å². The predicted molar refractivity (Wildman–Crippen MR) is 78.3 cm³/mol. The van der Waals surface area contributed by atoms with Crippen LogP contribution < -0.4 is 10.5 Å². The zero-order chi connectivity index (χ0) is 14.2. The third-order valence-corrected chi connectivity index (χ3v) is 4.72. The number of ether oxygens (including phenoxy) is 1. The molecule has 2 aliphatic heterocycles. The summed E-state index contributed by atoms with van der Waals surface area (Å²) in [5, 5.41) is 0. The van der Waals surface area contributed by atoms with Crippen molar-refractivity contribution in [2.24, 2.45) is 5.41 Å². The van der Waals surface area contributed by atoms with Gasteiger partial charge in [-0.2, -0.15) is 0 Å². The highest BCUT2D eigenvalue weighted by atomic mass is 16.5. The van der Waals surface area contributed by atoms with Crippen molar-refractivity contribution >= 4 is 5.82 Å². The summed E-state index contributed by atoms with van der Waals surface area (Å²) in [4.78, 5) is 21.6. The molecule has 20 heavy (non-hydrogen) atoms. The summed E-state index contributed by atoms with van der Waals surface area (Å²) < 4.78 is 5.54. The molecule has 0 aromatic carbocycles. The molecule has 0 unspecified atom stereocenters. The number of nitrogens with one attached hydrogen (secondary N) is 1. The Hall–Kier alpha value is -1.36. The van der Waals surface area contributed by atoms with Crippen LogP contribution in [0.1, 0.15) is 44.7 Å². The summed E-state index contributed by atoms with van der Waals surface area (Å²) in [6.07, 6.45) is 5.15. The number of anilines is 1. The zero-order valence-electron chi connectivity index (χ0n) is 12.3. The number of nitrogens with zero attached hydrogens (tertiary/aromatic N) is 2. The van der Waals surface area contributed by atoms with Gasteiger partial charge in [0.15, 0.2) is 5.82 Å². The Labute approximate surface area is 119 Å². The van der Waals surface area contributed by atoms with Gasteiger partial charge in [-0.25, -0.2) is 4.98 Å². The highest BCUT2D eigenvalue weighted by Gasteiger charge is 2.38.